The van der Waals surface area contributed by atoms with Crippen LogP contribution in [0.15, 0.2) is 115 Å². The average molecular weight is 603 g/mol. The van der Waals surface area contributed by atoms with Gasteiger partial charge in [-0.15, -0.1) is 0 Å². The van der Waals surface area contributed by atoms with Crippen LogP contribution in [0.3, 0.4) is 0 Å². The van der Waals surface area contributed by atoms with Crippen molar-refractivity contribution in [1.82, 2.24) is 9.13 Å². The molecule has 0 unspecified atom stereocenters. The van der Waals surface area contributed by atoms with Gasteiger partial charge in [0.1, 0.15) is 0 Å². The Hall–Kier alpha value is -5.43. The van der Waals surface area contributed by atoms with Crippen LogP contribution in [-0.4, -0.2) is 9.13 Å². The minimum absolute atomic E-state index is 0.324. The van der Waals surface area contributed by atoms with Gasteiger partial charge in [0.2, 0.25) is 5.82 Å². The fraction of sp³-hybridized carbons (Fsp3) is 0.0526. The Morgan fingerprint density at radius 2 is 0.889 bits per heavy atom. The molecule has 0 aliphatic carbocycles. The smallest absolute Gasteiger partial charge is 0.200 e. The van der Waals surface area contributed by atoms with Crippen molar-refractivity contribution in [1.29, 1.82) is 0 Å². The van der Waals surface area contributed by atoms with Crippen molar-refractivity contribution in [3.05, 3.63) is 161 Å². The monoisotopic (exact) mass is 602 g/mol. The van der Waals surface area contributed by atoms with Crippen LogP contribution < -0.4 is 0 Å². The average Bonchev–Trinajstić information content (AvgIpc) is 3.58. The SMILES string of the molecule is Fc1c(F)c(F)c(Cc2ccccc2Cn2c3ccccc3c3cc(-n4c5ccccc5c5ccccc54)ccc32)c(F)c1F. The Labute approximate surface area is 254 Å². The molecule has 2 heterocycles. The molecule has 7 heteroatoms. The van der Waals surface area contributed by atoms with Gasteiger partial charge in [-0.2, -0.15) is 0 Å². The van der Waals surface area contributed by atoms with Gasteiger partial charge in [0.05, 0.1) is 11.0 Å². The molecule has 45 heavy (non-hydrogen) atoms. The Morgan fingerprint density at radius 1 is 0.422 bits per heavy atom. The van der Waals surface area contributed by atoms with E-state index in [0.29, 0.717) is 17.7 Å². The predicted octanol–water partition coefficient (Wildman–Crippen LogP) is 10.2. The molecule has 0 saturated heterocycles. The quantitative estimate of drug-likeness (QED) is 0.105. The van der Waals surface area contributed by atoms with E-state index in [2.05, 4.69) is 57.7 Å². The summed E-state index contributed by atoms with van der Waals surface area (Å²) in [6.45, 7) is 0.324. The first-order valence-corrected chi connectivity index (χ1v) is 14.5. The standard InChI is InChI=1S/C38H23F5N2/c39-34-29(35(40)37(42)38(43)36(34)41)19-22-9-1-2-10-23(22)21-44-30-14-6-3-13-27(30)28-20-24(17-18-31(28)44)45-32-15-7-4-11-25(32)26-12-5-8-16-33(26)45/h1-18,20H,19,21H2. The zero-order valence-corrected chi connectivity index (χ0v) is 23.7. The molecule has 2 nitrogen and oxygen atoms in total. The van der Waals surface area contributed by atoms with Crippen LogP contribution in [0.25, 0.3) is 49.3 Å². The Kier molecular flexibility index (Phi) is 6.24. The highest BCUT2D eigenvalue weighted by Gasteiger charge is 2.26. The molecule has 8 aromatic rings. The van der Waals surface area contributed by atoms with Gasteiger partial charge >= 0.3 is 0 Å². The summed E-state index contributed by atoms with van der Waals surface area (Å²) in [6, 6.07) is 37.9. The molecule has 0 N–H and O–H groups in total. The second-order valence-electron chi connectivity index (χ2n) is 11.2. The van der Waals surface area contributed by atoms with Crippen molar-refractivity contribution in [2.24, 2.45) is 0 Å². The molecule has 0 atom stereocenters. The molecule has 2 aromatic heterocycles. The lowest BCUT2D eigenvalue weighted by Gasteiger charge is -2.14. The first-order valence-electron chi connectivity index (χ1n) is 14.5. The zero-order valence-electron chi connectivity index (χ0n) is 23.7. The van der Waals surface area contributed by atoms with Crippen LogP contribution in [0, 0.1) is 29.1 Å². The molecule has 220 valence electrons. The first-order chi connectivity index (χ1) is 21.9. The van der Waals surface area contributed by atoms with Gasteiger partial charge < -0.3 is 9.13 Å². The van der Waals surface area contributed by atoms with E-state index in [9.17, 15) is 22.0 Å². The van der Waals surface area contributed by atoms with Crippen molar-refractivity contribution in [3.63, 3.8) is 0 Å². The van der Waals surface area contributed by atoms with Crippen LogP contribution in [0.2, 0.25) is 0 Å². The summed E-state index contributed by atoms with van der Waals surface area (Å²) in [5.41, 5.74) is 5.44. The molecular weight excluding hydrogens is 579 g/mol. The van der Waals surface area contributed by atoms with Crippen LogP contribution in [0.4, 0.5) is 22.0 Å². The van der Waals surface area contributed by atoms with E-state index >= 15 is 0 Å². The summed E-state index contributed by atoms with van der Waals surface area (Å²) in [7, 11) is 0. The van der Waals surface area contributed by atoms with Gasteiger partial charge in [-0.05, 0) is 47.5 Å². The largest absolute Gasteiger partial charge is 0.336 e. The van der Waals surface area contributed by atoms with E-state index in [1.165, 1.54) is 10.8 Å². The number of hydrogen-bond donors (Lipinski definition) is 0. The van der Waals surface area contributed by atoms with E-state index < -0.39 is 41.1 Å². The van der Waals surface area contributed by atoms with Gasteiger partial charge in [-0.25, -0.2) is 22.0 Å². The van der Waals surface area contributed by atoms with Crippen LogP contribution in [-0.2, 0) is 13.0 Å². The normalized spacial score (nSPS) is 11.8. The molecule has 0 aliphatic rings. The Balaban J connectivity index is 1.27. The molecule has 8 rings (SSSR count). The fourth-order valence-corrected chi connectivity index (χ4v) is 6.60. The summed E-state index contributed by atoms with van der Waals surface area (Å²) in [5.74, 6) is -9.66. The van der Waals surface area contributed by atoms with E-state index in [4.69, 9.17) is 0 Å². The van der Waals surface area contributed by atoms with Gasteiger partial charge in [0, 0.05) is 56.8 Å². The second-order valence-corrected chi connectivity index (χ2v) is 11.2. The summed E-state index contributed by atoms with van der Waals surface area (Å²) in [6.07, 6.45) is -0.447. The second kappa shape index (κ2) is 10.3. The van der Waals surface area contributed by atoms with Crippen molar-refractivity contribution in [2.45, 2.75) is 13.0 Å². The molecule has 0 bridgehead atoms. The van der Waals surface area contributed by atoms with Crippen molar-refractivity contribution < 1.29 is 22.0 Å². The van der Waals surface area contributed by atoms with Crippen molar-refractivity contribution in [2.75, 3.05) is 0 Å². The van der Waals surface area contributed by atoms with Crippen LogP contribution >= 0.6 is 0 Å². The molecule has 0 spiro atoms. The number of benzene rings is 6. The van der Waals surface area contributed by atoms with Crippen LogP contribution in [0.5, 0.6) is 0 Å². The van der Waals surface area contributed by atoms with E-state index in [1.807, 2.05) is 48.5 Å². The third-order valence-corrected chi connectivity index (χ3v) is 8.71. The van der Waals surface area contributed by atoms with Crippen LogP contribution in [0.1, 0.15) is 16.7 Å². The maximum atomic E-state index is 14.6. The maximum absolute atomic E-state index is 14.6. The molecule has 0 amide bonds. The number of para-hydroxylation sites is 3. The fourth-order valence-electron chi connectivity index (χ4n) is 6.60. The highest BCUT2D eigenvalue weighted by atomic mass is 19.2. The highest BCUT2D eigenvalue weighted by molar-refractivity contribution is 6.11. The highest BCUT2D eigenvalue weighted by Crippen LogP contribution is 2.36. The van der Waals surface area contributed by atoms with Gasteiger partial charge in [0.25, 0.3) is 0 Å². The number of halogens is 5. The Morgan fingerprint density at radius 3 is 1.51 bits per heavy atom. The minimum atomic E-state index is -2.16. The molecule has 0 radical (unpaired) electrons. The lowest BCUT2D eigenvalue weighted by Crippen LogP contribution is -2.09. The summed E-state index contributed by atoms with van der Waals surface area (Å²) < 4.78 is 75.4. The molecule has 0 aliphatic heterocycles. The first kappa shape index (κ1) is 27.1. The molecule has 6 aromatic carbocycles. The third kappa shape index (κ3) is 4.14. The summed E-state index contributed by atoms with van der Waals surface area (Å²) in [5, 5.41) is 4.40. The van der Waals surface area contributed by atoms with E-state index in [-0.39, 0.29) is 0 Å². The van der Waals surface area contributed by atoms with E-state index in [0.717, 1.165) is 38.5 Å². The Bertz CT molecular complexity index is 2370. The molecular formula is C38H23F5N2. The van der Waals surface area contributed by atoms with Crippen molar-refractivity contribution >= 4 is 43.6 Å². The van der Waals surface area contributed by atoms with Gasteiger partial charge in [-0.3, -0.25) is 0 Å². The number of hydrogen-bond acceptors (Lipinski definition) is 0. The lowest BCUT2D eigenvalue weighted by atomic mass is 9.98. The van der Waals surface area contributed by atoms with E-state index in [1.54, 1.807) is 18.2 Å². The summed E-state index contributed by atoms with van der Waals surface area (Å²) >= 11 is 0. The maximum Gasteiger partial charge on any atom is 0.200 e. The predicted molar refractivity (Wildman–Crippen MR) is 168 cm³/mol. The molecule has 0 fully saturated rings. The number of aromatic nitrogens is 2. The number of rotatable bonds is 5. The summed E-state index contributed by atoms with van der Waals surface area (Å²) in [4.78, 5) is 0. The number of nitrogens with zero attached hydrogens (tertiary/aromatic N) is 2. The molecule has 0 saturated carbocycles. The van der Waals surface area contributed by atoms with Crippen molar-refractivity contribution in [3.8, 4) is 5.69 Å². The zero-order chi connectivity index (χ0) is 30.8. The minimum Gasteiger partial charge on any atom is -0.336 e. The number of fused-ring (bicyclic) bond motifs is 6. The third-order valence-electron chi connectivity index (χ3n) is 8.71. The van der Waals surface area contributed by atoms with Gasteiger partial charge in [0.15, 0.2) is 23.3 Å². The topological polar surface area (TPSA) is 9.86 Å². The lowest BCUT2D eigenvalue weighted by molar-refractivity contribution is 0.371. The van der Waals surface area contributed by atoms with Gasteiger partial charge in [-0.1, -0.05) is 78.9 Å².